The van der Waals surface area contributed by atoms with Gasteiger partial charge in [-0.25, -0.2) is 9.78 Å². The van der Waals surface area contributed by atoms with Crippen LogP contribution in [0.1, 0.15) is 33.6 Å². The van der Waals surface area contributed by atoms with Crippen LogP contribution in [0.15, 0.2) is 21.7 Å². The Bertz CT molecular complexity index is 1090. The quantitative estimate of drug-likeness (QED) is 0.590. The SMILES string of the molecule is CC(C)(C)OC(=O)N1CCC(NC(CC#N)COc2c(Cl)c(Br)cc3nc[nH]c(=O)c23)C1. The smallest absolute Gasteiger partial charge is 0.410 e. The standard InChI is InChI=1S/C21H25BrClN5O4/c1-21(2,3)32-20(30)28-7-5-12(9-28)27-13(4-6-24)10-31-18-16-15(8-14(22)17(18)23)25-11-26-19(16)29/h8,11-13,27H,4-5,7,9-10H2,1-3H3,(H,25,26,29). The van der Waals surface area contributed by atoms with E-state index in [1.54, 1.807) is 11.0 Å². The van der Waals surface area contributed by atoms with Gasteiger partial charge in [0.05, 0.1) is 35.4 Å². The number of carbonyl (C=O) groups excluding carboxylic acids is 1. The topological polar surface area (TPSA) is 120 Å². The zero-order valence-electron chi connectivity index (χ0n) is 18.1. The lowest BCUT2D eigenvalue weighted by atomic mass is 10.1. The molecule has 1 fully saturated rings. The molecule has 2 aromatic rings. The zero-order valence-corrected chi connectivity index (χ0v) is 20.4. The molecule has 2 atom stereocenters. The first-order chi connectivity index (χ1) is 15.1. The number of hydrogen-bond donors (Lipinski definition) is 2. The lowest BCUT2D eigenvalue weighted by Crippen LogP contribution is -2.44. The summed E-state index contributed by atoms with van der Waals surface area (Å²) in [5.41, 5.74) is -0.486. The molecule has 2 unspecified atom stereocenters. The summed E-state index contributed by atoms with van der Waals surface area (Å²) in [7, 11) is 0. The molecule has 1 amide bonds. The minimum atomic E-state index is -0.557. The third kappa shape index (κ3) is 5.91. The second-order valence-electron chi connectivity index (χ2n) is 8.58. The predicted octanol–water partition coefficient (Wildman–Crippen LogP) is 3.60. The first-order valence-electron chi connectivity index (χ1n) is 10.2. The van der Waals surface area contributed by atoms with Crippen LogP contribution in [0.5, 0.6) is 5.75 Å². The highest BCUT2D eigenvalue weighted by molar-refractivity contribution is 9.10. The number of aromatic amines is 1. The van der Waals surface area contributed by atoms with Crippen molar-refractivity contribution in [1.29, 1.82) is 5.26 Å². The molecule has 1 aliphatic rings. The van der Waals surface area contributed by atoms with E-state index in [2.05, 4.69) is 37.3 Å². The van der Waals surface area contributed by atoms with Gasteiger partial charge in [-0.1, -0.05) is 11.6 Å². The summed E-state index contributed by atoms with van der Waals surface area (Å²) in [6, 6.07) is 3.46. The van der Waals surface area contributed by atoms with Crippen LogP contribution in [-0.4, -0.2) is 58.3 Å². The van der Waals surface area contributed by atoms with Crippen LogP contribution < -0.4 is 15.6 Å². The van der Waals surface area contributed by atoms with Gasteiger partial charge in [0.25, 0.3) is 5.56 Å². The first kappa shape index (κ1) is 24.3. The molecule has 0 saturated carbocycles. The van der Waals surface area contributed by atoms with Crippen LogP contribution in [0.4, 0.5) is 4.79 Å². The normalized spacial score (nSPS) is 17.2. The van der Waals surface area contributed by atoms with Crippen molar-refractivity contribution >= 4 is 44.5 Å². The predicted molar refractivity (Wildman–Crippen MR) is 124 cm³/mol. The highest BCUT2D eigenvalue weighted by Gasteiger charge is 2.31. The van der Waals surface area contributed by atoms with Gasteiger partial charge in [0.2, 0.25) is 0 Å². The van der Waals surface area contributed by atoms with E-state index in [1.807, 2.05) is 20.8 Å². The number of halogens is 2. The van der Waals surface area contributed by atoms with E-state index in [-0.39, 0.29) is 52.9 Å². The zero-order chi connectivity index (χ0) is 23.5. The van der Waals surface area contributed by atoms with E-state index >= 15 is 0 Å². The Morgan fingerprint density at radius 3 is 2.97 bits per heavy atom. The molecule has 1 aromatic carbocycles. The van der Waals surface area contributed by atoms with Crippen molar-refractivity contribution in [2.75, 3.05) is 19.7 Å². The highest BCUT2D eigenvalue weighted by atomic mass is 79.9. The Kier molecular flexibility index (Phi) is 7.64. The Morgan fingerprint density at radius 1 is 1.53 bits per heavy atom. The van der Waals surface area contributed by atoms with Crippen LogP contribution in [0.25, 0.3) is 10.9 Å². The molecule has 0 spiro atoms. The number of fused-ring (bicyclic) bond motifs is 1. The van der Waals surface area contributed by atoms with Gasteiger partial charge in [0.1, 0.15) is 17.6 Å². The molecule has 3 rings (SSSR count). The average molecular weight is 527 g/mol. The van der Waals surface area contributed by atoms with Crippen molar-refractivity contribution in [2.45, 2.75) is 51.3 Å². The molecule has 2 heterocycles. The molecule has 0 aliphatic carbocycles. The maximum atomic E-state index is 12.3. The van der Waals surface area contributed by atoms with Crippen molar-refractivity contribution in [3.05, 3.63) is 32.2 Å². The summed E-state index contributed by atoms with van der Waals surface area (Å²) in [5.74, 6) is 0.205. The lowest BCUT2D eigenvalue weighted by molar-refractivity contribution is 0.0290. The monoisotopic (exact) mass is 525 g/mol. The van der Waals surface area contributed by atoms with Gasteiger partial charge in [-0.3, -0.25) is 4.79 Å². The third-order valence-corrected chi connectivity index (χ3v) is 6.09. The minimum absolute atomic E-state index is 0.00994. The number of nitrogens with one attached hydrogen (secondary N) is 2. The lowest BCUT2D eigenvalue weighted by Gasteiger charge is -2.25. The highest BCUT2D eigenvalue weighted by Crippen LogP contribution is 2.37. The fourth-order valence-corrected chi connectivity index (χ4v) is 4.06. The summed E-state index contributed by atoms with van der Waals surface area (Å²) in [5, 5.41) is 13.1. The number of aromatic nitrogens is 2. The Labute approximate surface area is 199 Å². The van der Waals surface area contributed by atoms with E-state index in [0.29, 0.717) is 23.1 Å². The van der Waals surface area contributed by atoms with Crippen molar-refractivity contribution < 1.29 is 14.3 Å². The van der Waals surface area contributed by atoms with E-state index in [0.717, 1.165) is 6.42 Å². The molecule has 0 bridgehead atoms. The minimum Gasteiger partial charge on any atom is -0.489 e. The molecule has 1 aromatic heterocycles. The molecule has 1 saturated heterocycles. The van der Waals surface area contributed by atoms with Crippen LogP contribution in [0, 0.1) is 11.3 Å². The number of amides is 1. The van der Waals surface area contributed by atoms with Gasteiger partial charge in [0, 0.05) is 23.6 Å². The number of ether oxygens (including phenoxy) is 2. The second-order valence-corrected chi connectivity index (χ2v) is 9.81. The number of hydrogen-bond acceptors (Lipinski definition) is 7. The van der Waals surface area contributed by atoms with Crippen molar-refractivity contribution in [2.24, 2.45) is 0 Å². The molecule has 2 N–H and O–H groups in total. The Morgan fingerprint density at radius 2 is 2.28 bits per heavy atom. The second kappa shape index (κ2) is 10.1. The van der Waals surface area contributed by atoms with Crippen LogP contribution in [-0.2, 0) is 4.74 Å². The molecular formula is C21H25BrClN5O4. The third-order valence-electron chi connectivity index (χ3n) is 4.86. The van der Waals surface area contributed by atoms with Crippen molar-refractivity contribution in [3.63, 3.8) is 0 Å². The number of carbonyl (C=O) groups is 1. The number of nitriles is 1. The number of likely N-dealkylation sites (tertiary alicyclic amines) is 1. The summed E-state index contributed by atoms with van der Waals surface area (Å²) < 4.78 is 11.9. The number of rotatable bonds is 6. The number of nitrogens with zero attached hydrogens (tertiary/aromatic N) is 3. The summed E-state index contributed by atoms with van der Waals surface area (Å²) in [6.45, 7) is 6.63. The fraction of sp³-hybridized carbons (Fsp3) is 0.524. The molecule has 11 heteroatoms. The summed E-state index contributed by atoms with van der Waals surface area (Å²) in [4.78, 5) is 33.0. The van der Waals surface area contributed by atoms with Crippen LogP contribution >= 0.6 is 27.5 Å². The molecule has 172 valence electrons. The van der Waals surface area contributed by atoms with Crippen LogP contribution in [0.2, 0.25) is 5.02 Å². The number of benzene rings is 1. The first-order valence-corrected chi connectivity index (χ1v) is 11.3. The van der Waals surface area contributed by atoms with Gasteiger partial charge in [-0.15, -0.1) is 0 Å². The molecule has 1 aliphatic heterocycles. The van der Waals surface area contributed by atoms with Gasteiger partial charge in [-0.2, -0.15) is 5.26 Å². The maximum Gasteiger partial charge on any atom is 0.410 e. The Hall–Kier alpha value is -2.35. The van der Waals surface area contributed by atoms with Gasteiger partial charge >= 0.3 is 6.09 Å². The van der Waals surface area contributed by atoms with Crippen molar-refractivity contribution in [1.82, 2.24) is 20.2 Å². The molecule has 9 nitrogen and oxygen atoms in total. The largest absolute Gasteiger partial charge is 0.489 e. The van der Waals surface area contributed by atoms with Crippen molar-refractivity contribution in [3.8, 4) is 11.8 Å². The summed E-state index contributed by atoms with van der Waals surface area (Å²) in [6.07, 6.45) is 1.87. The molecular weight excluding hydrogens is 502 g/mol. The molecule has 32 heavy (non-hydrogen) atoms. The van der Waals surface area contributed by atoms with Crippen LogP contribution in [0.3, 0.4) is 0 Å². The maximum absolute atomic E-state index is 12.3. The average Bonchev–Trinajstić information content (AvgIpc) is 3.16. The van der Waals surface area contributed by atoms with E-state index in [4.69, 9.17) is 21.1 Å². The number of H-pyrrole nitrogens is 1. The molecule has 0 radical (unpaired) electrons. The Balaban J connectivity index is 1.69. The fourth-order valence-electron chi connectivity index (χ4n) is 3.46. The van der Waals surface area contributed by atoms with E-state index in [1.165, 1.54) is 6.33 Å². The van der Waals surface area contributed by atoms with E-state index in [9.17, 15) is 14.9 Å². The van der Waals surface area contributed by atoms with Gasteiger partial charge < -0.3 is 24.7 Å². The van der Waals surface area contributed by atoms with Gasteiger partial charge in [-0.05, 0) is 49.2 Å². The van der Waals surface area contributed by atoms with Gasteiger partial charge in [0.15, 0.2) is 5.75 Å². The summed E-state index contributed by atoms with van der Waals surface area (Å²) >= 11 is 9.75. The van der Waals surface area contributed by atoms with E-state index < -0.39 is 5.60 Å².